The van der Waals surface area contributed by atoms with Crippen LogP contribution in [0.15, 0.2) is 0 Å². The number of nitrogens with zero attached hydrogens (tertiary/aromatic N) is 2. The Labute approximate surface area is 133 Å². The van der Waals surface area contributed by atoms with Crippen LogP contribution in [0.1, 0.15) is 70.7 Å². The molecule has 0 bridgehead atoms. The summed E-state index contributed by atoms with van der Waals surface area (Å²) in [5.41, 5.74) is 0.967. The predicted molar refractivity (Wildman–Crippen MR) is 90.1 cm³/mol. The number of aromatic nitrogens is 2. The molecule has 1 aromatic heterocycles. The van der Waals surface area contributed by atoms with Crippen molar-refractivity contribution in [1.29, 1.82) is 0 Å². The van der Waals surface area contributed by atoms with Crippen LogP contribution in [-0.2, 0) is 0 Å². The van der Waals surface area contributed by atoms with Crippen molar-refractivity contribution in [1.82, 2.24) is 9.97 Å². The Morgan fingerprint density at radius 1 is 1.10 bits per heavy atom. The highest BCUT2D eigenvalue weighted by Gasteiger charge is 2.28. The second kappa shape index (κ2) is 6.95. The lowest BCUT2D eigenvalue weighted by atomic mass is 9.78. The van der Waals surface area contributed by atoms with Gasteiger partial charge in [0.15, 0.2) is 0 Å². The van der Waals surface area contributed by atoms with E-state index in [1.54, 1.807) is 0 Å². The molecule has 3 nitrogen and oxygen atoms in total. The van der Waals surface area contributed by atoms with Gasteiger partial charge in [-0.15, -0.1) is 0 Å². The highest BCUT2D eigenvalue weighted by molar-refractivity contribution is 6.30. The fraction of sp³-hybridized carbons (Fsp3) is 0.765. The summed E-state index contributed by atoms with van der Waals surface area (Å²) in [7, 11) is 0. The molecule has 0 aromatic carbocycles. The van der Waals surface area contributed by atoms with Gasteiger partial charge >= 0.3 is 0 Å². The van der Waals surface area contributed by atoms with Crippen LogP contribution in [0.4, 0.5) is 5.82 Å². The number of rotatable bonds is 4. The summed E-state index contributed by atoms with van der Waals surface area (Å²) < 4.78 is 0. The topological polar surface area (TPSA) is 37.8 Å². The quantitative estimate of drug-likeness (QED) is 0.778. The number of anilines is 1. The van der Waals surface area contributed by atoms with E-state index in [9.17, 15) is 0 Å². The minimum atomic E-state index is 0.288. The summed E-state index contributed by atoms with van der Waals surface area (Å²) in [6, 6.07) is 0.503. The van der Waals surface area contributed by atoms with Crippen LogP contribution in [0.25, 0.3) is 0 Å². The van der Waals surface area contributed by atoms with Crippen molar-refractivity contribution in [3.05, 3.63) is 16.5 Å². The van der Waals surface area contributed by atoms with E-state index in [0.717, 1.165) is 23.1 Å². The Bertz CT molecular complexity index is 485. The zero-order chi connectivity index (χ0) is 15.6. The summed E-state index contributed by atoms with van der Waals surface area (Å²) >= 11 is 6.29. The first-order valence-electron chi connectivity index (χ1n) is 8.20. The van der Waals surface area contributed by atoms with Gasteiger partial charge in [-0.05, 0) is 31.6 Å². The summed E-state index contributed by atoms with van der Waals surface area (Å²) in [6.45, 7) is 10.8. The van der Waals surface area contributed by atoms with Gasteiger partial charge in [-0.2, -0.15) is 0 Å². The standard InChI is InChI=1S/C17H28ClN3/c1-10(2)13-8-6-7-9-14(13)19-17-12(5)15(18)20-16(21-17)11(3)4/h10-11,13-14H,6-9H2,1-5H3,(H,19,20,21). The Balaban J connectivity index is 2.25. The van der Waals surface area contributed by atoms with Crippen LogP contribution in [-0.4, -0.2) is 16.0 Å². The molecule has 0 radical (unpaired) electrons. The lowest BCUT2D eigenvalue weighted by Gasteiger charge is -2.35. The van der Waals surface area contributed by atoms with Gasteiger partial charge in [0, 0.05) is 17.5 Å². The lowest BCUT2D eigenvalue weighted by Crippen LogP contribution is -2.35. The zero-order valence-electron chi connectivity index (χ0n) is 13.9. The van der Waals surface area contributed by atoms with E-state index in [4.69, 9.17) is 16.6 Å². The molecule has 2 rings (SSSR count). The molecule has 1 aromatic rings. The molecule has 0 aliphatic heterocycles. The second-order valence-corrected chi connectivity index (χ2v) is 7.30. The molecule has 1 aliphatic rings. The minimum absolute atomic E-state index is 0.288. The van der Waals surface area contributed by atoms with Crippen LogP contribution in [0.3, 0.4) is 0 Å². The number of halogens is 1. The molecule has 1 aliphatic carbocycles. The third kappa shape index (κ3) is 3.88. The zero-order valence-corrected chi connectivity index (χ0v) is 14.7. The van der Waals surface area contributed by atoms with Crippen molar-refractivity contribution in [2.24, 2.45) is 11.8 Å². The molecule has 1 fully saturated rings. The van der Waals surface area contributed by atoms with Gasteiger partial charge in [0.2, 0.25) is 0 Å². The normalized spacial score (nSPS) is 22.9. The fourth-order valence-corrected chi connectivity index (χ4v) is 3.39. The van der Waals surface area contributed by atoms with Gasteiger partial charge in [0.1, 0.15) is 16.8 Å². The molecular formula is C17H28ClN3. The molecule has 2 unspecified atom stereocenters. The molecule has 118 valence electrons. The van der Waals surface area contributed by atoms with Crippen molar-refractivity contribution >= 4 is 17.4 Å². The Kier molecular flexibility index (Phi) is 5.48. The van der Waals surface area contributed by atoms with Crippen molar-refractivity contribution in [2.45, 2.75) is 72.3 Å². The van der Waals surface area contributed by atoms with Gasteiger partial charge in [0.05, 0.1) is 0 Å². The average Bonchev–Trinajstić information content (AvgIpc) is 2.43. The fourth-order valence-electron chi connectivity index (χ4n) is 3.22. The molecule has 21 heavy (non-hydrogen) atoms. The first-order valence-corrected chi connectivity index (χ1v) is 8.58. The molecule has 2 atom stereocenters. The predicted octanol–water partition coefficient (Wildman–Crippen LogP) is 5.19. The van der Waals surface area contributed by atoms with E-state index in [2.05, 4.69) is 38.0 Å². The molecular weight excluding hydrogens is 282 g/mol. The second-order valence-electron chi connectivity index (χ2n) is 6.94. The van der Waals surface area contributed by atoms with Crippen molar-refractivity contribution in [2.75, 3.05) is 5.32 Å². The maximum absolute atomic E-state index is 6.29. The Morgan fingerprint density at radius 3 is 2.38 bits per heavy atom. The van der Waals surface area contributed by atoms with Gasteiger partial charge in [-0.25, -0.2) is 9.97 Å². The molecule has 4 heteroatoms. The maximum Gasteiger partial charge on any atom is 0.137 e. The number of hydrogen-bond donors (Lipinski definition) is 1. The highest BCUT2D eigenvalue weighted by atomic mass is 35.5. The minimum Gasteiger partial charge on any atom is -0.367 e. The third-order valence-electron chi connectivity index (χ3n) is 4.62. The average molecular weight is 310 g/mol. The molecule has 1 saturated carbocycles. The van der Waals surface area contributed by atoms with E-state index in [-0.39, 0.29) is 5.92 Å². The monoisotopic (exact) mass is 309 g/mol. The highest BCUT2D eigenvalue weighted by Crippen LogP contribution is 2.33. The molecule has 0 spiro atoms. The summed E-state index contributed by atoms with van der Waals surface area (Å²) in [5, 5.41) is 4.26. The summed E-state index contributed by atoms with van der Waals surface area (Å²) in [6.07, 6.45) is 5.18. The Morgan fingerprint density at radius 2 is 1.76 bits per heavy atom. The smallest absolute Gasteiger partial charge is 0.137 e. The van der Waals surface area contributed by atoms with Gasteiger partial charge in [-0.1, -0.05) is 52.1 Å². The van der Waals surface area contributed by atoms with Crippen LogP contribution < -0.4 is 5.32 Å². The summed E-state index contributed by atoms with van der Waals surface area (Å²) in [5.74, 6) is 3.46. The van der Waals surface area contributed by atoms with E-state index in [1.807, 2.05) is 6.92 Å². The molecule has 0 amide bonds. The lowest BCUT2D eigenvalue weighted by molar-refractivity contribution is 0.253. The van der Waals surface area contributed by atoms with Gasteiger partial charge in [-0.3, -0.25) is 0 Å². The molecule has 0 saturated heterocycles. The molecule has 1 heterocycles. The summed E-state index contributed by atoms with van der Waals surface area (Å²) in [4.78, 5) is 9.11. The van der Waals surface area contributed by atoms with Crippen LogP contribution in [0.2, 0.25) is 5.15 Å². The van der Waals surface area contributed by atoms with Crippen molar-refractivity contribution in [3.63, 3.8) is 0 Å². The first kappa shape index (κ1) is 16.5. The van der Waals surface area contributed by atoms with Crippen LogP contribution in [0.5, 0.6) is 0 Å². The van der Waals surface area contributed by atoms with Crippen molar-refractivity contribution < 1.29 is 0 Å². The first-order chi connectivity index (χ1) is 9.90. The molecule has 1 N–H and O–H groups in total. The largest absolute Gasteiger partial charge is 0.367 e. The SMILES string of the molecule is Cc1c(Cl)nc(C(C)C)nc1NC1CCCCC1C(C)C. The maximum atomic E-state index is 6.29. The van der Waals surface area contributed by atoms with E-state index >= 15 is 0 Å². The number of hydrogen-bond acceptors (Lipinski definition) is 3. The number of nitrogens with one attached hydrogen (secondary N) is 1. The van der Waals surface area contributed by atoms with Crippen LogP contribution in [0, 0.1) is 18.8 Å². The van der Waals surface area contributed by atoms with E-state index in [0.29, 0.717) is 17.1 Å². The van der Waals surface area contributed by atoms with Crippen LogP contribution >= 0.6 is 11.6 Å². The van der Waals surface area contributed by atoms with Gasteiger partial charge in [0.25, 0.3) is 0 Å². The van der Waals surface area contributed by atoms with E-state index < -0.39 is 0 Å². The van der Waals surface area contributed by atoms with E-state index in [1.165, 1.54) is 25.7 Å². The third-order valence-corrected chi connectivity index (χ3v) is 4.99. The van der Waals surface area contributed by atoms with Gasteiger partial charge < -0.3 is 5.32 Å². The van der Waals surface area contributed by atoms with Crippen molar-refractivity contribution in [3.8, 4) is 0 Å². The Hall–Kier alpha value is -0.830.